The van der Waals surface area contributed by atoms with Crippen molar-refractivity contribution in [3.05, 3.63) is 29.3 Å². The monoisotopic (exact) mass is 249 g/mol. The lowest BCUT2D eigenvalue weighted by Crippen LogP contribution is -2.33. The number of halogens is 3. The average molecular weight is 250 g/mol. The predicted octanol–water partition coefficient (Wildman–Crippen LogP) is 2.50. The molecule has 0 aromatic heterocycles. The number of hydrogen-bond donors (Lipinski definition) is 1. The highest BCUT2D eigenvalue weighted by atomic mass is 35.5. The first-order chi connectivity index (χ1) is 7.49. The van der Waals surface area contributed by atoms with E-state index in [-0.39, 0.29) is 0 Å². The van der Waals surface area contributed by atoms with Crippen molar-refractivity contribution >= 4 is 23.3 Å². The number of anilines is 1. The van der Waals surface area contributed by atoms with Gasteiger partial charge in [0.05, 0.1) is 6.54 Å². The maximum Gasteiger partial charge on any atom is 0.323 e. The van der Waals surface area contributed by atoms with E-state index in [4.69, 9.17) is 16.7 Å². The lowest BCUT2D eigenvalue weighted by Gasteiger charge is -2.22. The third-order valence-corrected chi connectivity index (χ3v) is 2.13. The number of carboxylic acid groups (broad SMARTS) is 1. The van der Waals surface area contributed by atoms with Crippen molar-refractivity contribution in [2.45, 2.75) is 6.43 Å². The first-order valence-electron chi connectivity index (χ1n) is 4.49. The van der Waals surface area contributed by atoms with Gasteiger partial charge in [0.15, 0.2) is 0 Å². The van der Waals surface area contributed by atoms with Crippen LogP contribution in [0.25, 0.3) is 0 Å². The van der Waals surface area contributed by atoms with Crippen LogP contribution in [0.3, 0.4) is 0 Å². The molecule has 88 valence electrons. The van der Waals surface area contributed by atoms with E-state index in [0.717, 1.165) is 4.90 Å². The van der Waals surface area contributed by atoms with Gasteiger partial charge in [-0.05, 0) is 24.3 Å². The summed E-state index contributed by atoms with van der Waals surface area (Å²) in [4.78, 5) is 11.6. The van der Waals surface area contributed by atoms with Gasteiger partial charge >= 0.3 is 5.97 Å². The van der Waals surface area contributed by atoms with Crippen LogP contribution >= 0.6 is 11.6 Å². The molecule has 0 spiro atoms. The topological polar surface area (TPSA) is 40.5 Å². The fourth-order valence-electron chi connectivity index (χ4n) is 1.24. The van der Waals surface area contributed by atoms with Crippen LogP contribution < -0.4 is 4.90 Å². The average Bonchev–Trinajstić information content (AvgIpc) is 2.16. The lowest BCUT2D eigenvalue weighted by molar-refractivity contribution is -0.135. The molecule has 1 aromatic carbocycles. The summed E-state index contributed by atoms with van der Waals surface area (Å²) in [6, 6.07) is 6.07. The van der Waals surface area contributed by atoms with Gasteiger partial charge in [0, 0.05) is 10.7 Å². The molecular formula is C10H10ClF2NO2. The van der Waals surface area contributed by atoms with Crippen molar-refractivity contribution in [3.8, 4) is 0 Å². The van der Waals surface area contributed by atoms with E-state index in [9.17, 15) is 13.6 Å². The predicted molar refractivity (Wildman–Crippen MR) is 57.3 cm³/mol. The third kappa shape index (κ3) is 4.02. The van der Waals surface area contributed by atoms with Crippen LogP contribution in [0, 0.1) is 0 Å². The number of nitrogens with zero attached hydrogens (tertiary/aromatic N) is 1. The molecule has 6 heteroatoms. The fraction of sp³-hybridized carbons (Fsp3) is 0.300. The van der Waals surface area contributed by atoms with E-state index in [1.54, 1.807) is 0 Å². The number of rotatable bonds is 5. The molecule has 0 radical (unpaired) electrons. The second-order valence-electron chi connectivity index (χ2n) is 3.14. The standard InChI is InChI=1S/C10H10ClF2NO2/c11-7-1-3-8(4-2-7)14(5-9(12)13)6-10(15)16/h1-4,9H,5-6H2,(H,15,16). The fourth-order valence-corrected chi connectivity index (χ4v) is 1.37. The third-order valence-electron chi connectivity index (χ3n) is 1.88. The Morgan fingerprint density at radius 1 is 1.38 bits per heavy atom. The number of benzene rings is 1. The highest BCUT2D eigenvalue weighted by molar-refractivity contribution is 6.30. The maximum absolute atomic E-state index is 12.2. The number of alkyl halides is 2. The van der Waals surface area contributed by atoms with Crippen molar-refractivity contribution in [2.24, 2.45) is 0 Å². The maximum atomic E-state index is 12.2. The van der Waals surface area contributed by atoms with Crippen LogP contribution in [0.1, 0.15) is 0 Å². The second kappa shape index (κ2) is 5.65. The Bertz CT molecular complexity index is 356. The first-order valence-corrected chi connectivity index (χ1v) is 4.87. The summed E-state index contributed by atoms with van der Waals surface area (Å²) >= 11 is 5.64. The van der Waals surface area contributed by atoms with Gasteiger partial charge in [-0.1, -0.05) is 11.6 Å². The van der Waals surface area contributed by atoms with E-state index in [0.29, 0.717) is 10.7 Å². The summed E-state index contributed by atoms with van der Waals surface area (Å²) in [5.74, 6) is -1.16. The molecule has 0 amide bonds. The van der Waals surface area contributed by atoms with E-state index in [1.807, 2.05) is 0 Å². The number of carbonyl (C=O) groups is 1. The first kappa shape index (κ1) is 12.7. The van der Waals surface area contributed by atoms with Gasteiger partial charge in [0.25, 0.3) is 6.43 Å². The minimum atomic E-state index is -2.59. The van der Waals surface area contributed by atoms with Crippen LogP contribution in [0.2, 0.25) is 5.02 Å². The molecule has 0 atom stereocenters. The van der Waals surface area contributed by atoms with Gasteiger partial charge in [-0.25, -0.2) is 8.78 Å². The minimum absolute atomic E-state index is 0.409. The molecule has 0 saturated carbocycles. The summed E-state index contributed by atoms with van der Waals surface area (Å²) < 4.78 is 24.5. The second-order valence-corrected chi connectivity index (χ2v) is 3.58. The van der Waals surface area contributed by atoms with Crippen LogP contribution in [0.5, 0.6) is 0 Å². The van der Waals surface area contributed by atoms with Crippen molar-refractivity contribution in [3.63, 3.8) is 0 Å². The van der Waals surface area contributed by atoms with Crippen LogP contribution in [-0.4, -0.2) is 30.6 Å². The van der Waals surface area contributed by atoms with Gasteiger partial charge in [-0.2, -0.15) is 0 Å². The van der Waals surface area contributed by atoms with E-state index < -0.39 is 25.5 Å². The molecule has 1 rings (SSSR count). The van der Waals surface area contributed by atoms with Crippen LogP contribution in [0.15, 0.2) is 24.3 Å². The highest BCUT2D eigenvalue weighted by Crippen LogP contribution is 2.18. The van der Waals surface area contributed by atoms with E-state index in [1.165, 1.54) is 24.3 Å². The van der Waals surface area contributed by atoms with Crippen molar-refractivity contribution in [2.75, 3.05) is 18.0 Å². The molecule has 16 heavy (non-hydrogen) atoms. The van der Waals surface area contributed by atoms with Crippen molar-refractivity contribution < 1.29 is 18.7 Å². The SMILES string of the molecule is O=C(O)CN(CC(F)F)c1ccc(Cl)cc1. The Labute approximate surface area is 96.2 Å². The minimum Gasteiger partial charge on any atom is -0.480 e. The summed E-state index contributed by atoms with van der Waals surface area (Å²) in [6.07, 6.45) is -2.59. The molecule has 0 aliphatic carbocycles. The quantitative estimate of drug-likeness (QED) is 0.872. The molecule has 0 aliphatic rings. The summed E-state index contributed by atoms with van der Waals surface area (Å²) in [5.41, 5.74) is 0.409. The molecule has 1 aromatic rings. The zero-order chi connectivity index (χ0) is 12.1. The number of aliphatic carboxylic acids is 1. The lowest BCUT2D eigenvalue weighted by atomic mass is 10.3. The number of hydrogen-bond acceptors (Lipinski definition) is 2. The Morgan fingerprint density at radius 2 is 1.94 bits per heavy atom. The zero-order valence-corrected chi connectivity index (χ0v) is 8.99. The molecule has 0 bridgehead atoms. The number of carboxylic acids is 1. The highest BCUT2D eigenvalue weighted by Gasteiger charge is 2.15. The Kier molecular flexibility index (Phi) is 4.49. The molecular weight excluding hydrogens is 240 g/mol. The molecule has 0 saturated heterocycles. The van der Waals surface area contributed by atoms with Gasteiger partial charge in [0.2, 0.25) is 0 Å². The van der Waals surface area contributed by atoms with E-state index >= 15 is 0 Å². The van der Waals surface area contributed by atoms with E-state index in [2.05, 4.69) is 0 Å². The molecule has 0 unspecified atom stereocenters. The largest absolute Gasteiger partial charge is 0.480 e. The summed E-state index contributed by atoms with van der Waals surface area (Å²) in [6.45, 7) is -1.08. The van der Waals surface area contributed by atoms with Gasteiger partial charge in [-0.3, -0.25) is 4.79 Å². The van der Waals surface area contributed by atoms with Crippen molar-refractivity contribution in [1.29, 1.82) is 0 Å². The smallest absolute Gasteiger partial charge is 0.323 e. The zero-order valence-electron chi connectivity index (χ0n) is 8.24. The molecule has 3 nitrogen and oxygen atoms in total. The van der Waals surface area contributed by atoms with Crippen LogP contribution in [0.4, 0.5) is 14.5 Å². The Morgan fingerprint density at radius 3 is 2.38 bits per heavy atom. The van der Waals surface area contributed by atoms with Crippen molar-refractivity contribution in [1.82, 2.24) is 0 Å². The van der Waals surface area contributed by atoms with Gasteiger partial charge in [-0.15, -0.1) is 0 Å². The molecule has 0 fully saturated rings. The Balaban J connectivity index is 2.82. The summed E-state index contributed by atoms with van der Waals surface area (Å²) in [7, 11) is 0. The van der Waals surface area contributed by atoms with Crippen LogP contribution in [-0.2, 0) is 4.79 Å². The normalized spacial score (nSPS) is 10.5. The molecule has 0 heterocycles. The molecule has 0 aliphatic heterocycles. The summed E-state index contributed by atoms with van der Waals surface area (Å²) in [5, 5.41) is 9.07. The molecule has 1 N–H and O–H groups in total. The van der Waals surface area contributed by atoms with Gasteiger partial charge in [0.1, 0.15) is 6.54 Å². The van der Waals surface area contributed by atoms with Gasteiger partial charge < -0.3 is 10.0 Å². The Hall–Kier alpha value is -1.36.